The monoisotopic (exact) mass is 365 g/mol. The van der Waals surface area contributed by atoms with Gasteiger partial charge in [-0.3, -0.25) is 9.98 Å². The van der Waals surface area contributed by atoms with Crippen molar-refractivity contribution in [3.05, 3.63) is 66.2 Å². The van der Waals surface area contributed by atoms with Crippen molar-refractivity contribution in [3.63, 3.8) is 0 Å². The molecule has 0 aromatic heterocycles. The van der Waals surface area contributed by atoms with E-state index in [2.05, 4.69) is 38.1 Å². The van der Waals surface area contributed by atoms with E-state index in [1.54, 1.807) is 0 Å². The van der Waals surface area contributed by atoms with Crippen LogP contribution >= 0.6 is 0 Å². The molecule has 2 rings (SSSR count). The van der Waals surface area contributed by atoms with Gasteiger partial charge in [-0.15, -0.1) is 0 Å². The molecule has 0 saturated carbocycles. The molecule has 2 aromatic rings. The van der Waals surface area contributed by atoms with Crippen LogP contribution in [0, 0.1) is 0 Å². The zero-order valence-corrected chi connectivity index (χ0v) is 16.0. The highest BCUT2D eigenvalue weighted by molar-refractivity contribution is 5.79. The highest BCUT2D eigenvalue weighted by atomic mass is 15.0. The summed E-state index contributed by atoms with van der Waals surface area (Å²) < 4.78 is 0. The molecule has 0 spiro atoms. The zero-order valence-electron chi connectivity index (χ0n) is 16.0. The molecule has 0 unspecified atom stereocenters. The lowest BCUT2D eigenvalue weighted by Crippen LogP contribution is -2.33. The summed E-state index contributed by atoms with van der Waals surface area (Å²) in [5.41, 5.74) is 2.16. The van der Waals surface area contributed by atoms with Crippen molar-refractivity contribution in [2.45, 2.75) is 6.42 Å². The van der Waals surface area contributed by atoms with Crippen LogP contribution in [0.15, 0.2) is 70.6 Å². The molecule has 0 radical (unpaired) electrons. The minimum Gasteiger partial charge on any atom is -0.315 e. The van der Waals surface area contributed by atoms with Crippen LogP contribution in [0.25, 0.3) is 0 Å². The topological polar surface area (TPSA) is 60.8 Å². The highest BCUT2D eigenvalue weighted by Crippen LogP contribution is 2.08. The maximum atomic E-state index is 4.42. The third kappa shape index (κ3) is 11.1. The van der Waals surface area contributed by atoms with Gasteiger partial charge in [0.15, 0.2) is 0 Å². The molecule has 0 amide bonds. The van der Waals surface area contributed by atoms with E-state index in [9.17, 15) is 0 Å². The molecule has 5 nitrogen and oxygen atoms in total. The van der Waals surface area contributed by atoms with Crippen LogP contribution in [0.4, 0.5) is 5.69 Å². The van der Waals surface area contributed by atoms with Gasteiger partial charge >= 0.3 is 0 Å². The lowest BCUT2D eigenvalue weighted by atomic mass is 10.2. The normalized spacial score (nSPS) is 11.6. The molecule has 144 valence electrons. The second-order valence-corrected chi connectivity index (χ2v) is 6.13. The fraction of sp³-hybridized carbons (Fsp3) is 0.364. The van der Waals surface area contributed by atoms with Gasteiger partial charge in [-0.25, -0.2) is 0 Å². The molecule has 0 bridgehead atoms. The van der Waals surface area contributed by atoms with E-state index in [4.69, 9.17) is 0 Å². The van der Waals surface area contributed by atoms with Crippen molar-refractivity contribution in [3.8, 4) is 0 Å². The van der Waals surface area contributed by atoms with Crippen molar-refractivity contribution in [1.82, 2.24) is 16.0 Å². The Hall–Kier alpha value is -2.34. The Balaban J connectivity index is 1.33. The Morgan fingerprint density at radius 2 is 1.26 bits per heavy atom. The predicted molar refractivity (Wildman–Crippen MR) is 117 cm³/mol. The number of hydrogen-bond acceptors (Lipinski definition) is 5. The summed E-state index contributed by atoms with van der Waals surface area (Å²) in [5, 5.41) is 10.2. The van der Waals surface area contributed by atoms with E-state index in [0.29, 0.717) is 0 Å². The SMILES string of the molecule is C(=NCCNCCNCCNCCC=Nc1ccccc1)c1ccccc1. The fourth-order valence-corrected chi connectivity index (χ4v) is 2.43. The van der Waals surface area contributed by atoms with Gasteiger partial charge in [0, 0.05) is 51.7 Å². The standard InChI is InChI=1S/C22H31N5/c1-3-8-21(9-4-1)20-26-19-18-25-17-16-24-15-14-23-12-7-13-27-22-10-5-2-6-11-22/h1-6,8-11,13,20,23-25H,7,12,14-19H2. The first-order valence-electron chi connectivity index (χ1n) is 9.70. The molecule has 2 aromatic carbocycles. The smallest absolute Gasteiger partial charge is 0.0625 e. The number of nitrogens with zero attached hydrogens (tertiary/aromatic N) is 2. The minimum atomic E-state index is 0.807. The van der Waals surface area contributed by atoms with E-state index in [-0.39, 0.29) is 0 Å². The van der Waals surface area contributed by atoms with Gasteiger partial charge in [-0.2, -0.15) is 0 Å². The lowest BCUT2D eigenvalue weighted by Gasteiger charge is -2.06. The summed E-state index contributed by atoms with van der Waals surface area (Å²) in [5.74, 6) is 0. The van der Waals surface area contributed by atoms with Gasteiger partial charge in [-0.05, 0) is 24.1 Å². The van der Waals surface area contributed by atoms with E-state index in [1.807, 2.05) is 61.0 Å². The Kier molecular flexibility index (Phi) is 11.5. The van der Waals surface area contributed by atoms with Crippen LogP contribution in [0.3, 0.4) is 0 Å². The van der Waals surface area contributed by atoms with Gasteiger partial charge < -0.3 is 16.0 Å². The zero-order chi connectivity index (χ0) is 18.8. The lowest BCUT2D eigenvalue weighted by molar-refractivity contribution is 0.588. The third-order valence-corrected chi connectivity index (χ3v) is 3.86. The third-order valence-electron chi connectivity index (χ3n) is 3.86. The number of aliphatic imine (C=N–C) groups is 2. The van der Waals surface area contributed by atoms with Gasteiger partial charge in [0.1, 0.15) is 0 Å². The molecule has 0 fully saturated rings. The Morgan fingerprint density at radius 3 is 1.96 bits per heavy atom. The quantitative estimate of drug-likeness (QED) is 0.356. The van der Waals surface area contributed by atoms with Crippen LogP contribution in [0.2, 0.25) is 0 Å². The molecular weight excluding hydrogens is 334 g/mol. The Bertz CT molecular complexity index is 583. The Labute approximate surface area is 163 Å². The first-order valence-corrected chi connectivity index (χ1v) is 9.70. The van der Waals surface area contributed by atoms with Crippen molar-refractivity contribution in [2.75, 3.05) is 45.8 Å². The Morgan fingerprint density at radius 1 is 0.667 bits per heavy atom. The van der Waals surface area contributed by atoms with Gasteiger partial charge in [0.05, 0.1) is 12.2 Å². The number of benzene rings is 2. The first kappa shape index (κ1) is 21.0. The van der Waals surface area contributed by atoms with Crippen molar-refractivity contribution in [1.29, 1.82) is 0 Å². The maximum absolute atomic E-state index is 4.42. The van der Waals surface area contributed by atoms with Crippen LogP contribution in [0.1, 0.15) is 12.0 Å². The fourth-order valence-electron chi connectivity index (χ4n) is 2.43. The molecular formula is C22H31N5. The number of para-hydroxylation sites is 1. The second-order valence-electron chi connectivity index (χ2n) is 6.13. The largest absolute Gasteiger partial charge is 0.315 e. The van der Waals surface area contributed by atoms with Crippen molar-refractivity contribution < 1.29 is 0 Å². The van der Waals surface area contributed by atoms with E-state index in [0.717, 1.165) is 63.5 Å². The average Bonchev–Trinajstić information content (AvgIpc) is 2.72. The summed E-state index contributed by atoms with van der Waals surface area (Å²) in [6.07, 6.45) is 4.84. The molecule has 3 N–H and O–H groups in total. The number of rotatable bonds is 14. The van der Waals surface area contributed by atoms with Crippen molar-refractivity contribution in [2.24, 2.45) is 9.98 Å². The van der Waals surface area contributed by atoms with Gasteiger partial charge in [0.2, 0.25) is 0 Å². The second kappa shape index (κ2) is 14.8. The molecule has 0 aliphatic carbocycles. The number of hydrogen-bond donors (Lipinski definition) is 3. The summed E-state index contributed by atoms with van der Waals surface area (Å²) in [6.45, 7) is 6.55. The van der Waals surface area contributed by atoms with E-state index >= 15 is 0 Å². The van der Waals surface area contributed by atoms with Gasteiger partial charge in [-0.1, -0.05) is 48.5 Å². The number of nitrogens with one attached hydrogen (secondary N) is 3. The van der Waals surface area contributed by atoms with Crippen LogP contribution in [-0.2, 0) is 0 Å². The molecule has 0 aliphatic heterocycles. The minimum absolute atomic E-state index is 0.807. The van der Waals surface area contributed by atoms with Crippen molar-refractivity contribution >= 4 is 18.1 Å². The predicted octanol–water partition coefficient (Wildman–Crippen LogP) is 2.67. The van der Waals surface area contributed by atoms with Gasteiger partial charge in [0.25, 0.3) is 0 Å². The van der Waals surface area contributed by atoms with Crippen LogP contribution < -0.4 is 16.0 Å². The molecule has 0 atom stereocenters. The van der Waals surface area contributed by atoms with Crippen LogP contribution in [0.5, 0.6) is 0 Å². The summed E-state index contributed by atoms with van der Waals surface area (Å²) in [4.78, 5) is 8.83. The summed E-state index contributed by atoms with van der Waals surface area (Å²) >= 11 is 0. The first-order chi connectivity index (χ1) is 13.4. The molecule has 0 aliphatic rings. The van der Waals surface area contributed by atoms with E-state index in [1.165, 1.54) is 0 Å². The molecule has 0 saturated heterocycles. The highest BCUT2D eigenvalue weighted by Gasteiger charge is 1.90. The molecule has 27 heavy (non-hydrogen) atoms. The average molecular weight is 366 g/mol. The maximum Gasteiger partial charge on any atom is 0.0625 e. The molecule has 0 heterocycles. The molecule has 5 heteroatoms. The summed E-state index contributed by atoms with van der Waals surface area (Å²) in [7, 11) is 0. The van der Waals surface area contributed by atoms with E-state index < -0.39 is 0 Å². The van der Waals surface area contributed by atoms with Crippen LogP contribution in [-0.4, -0.2) is 58.2 Å². The summed E-state index contributed by atoms with van der Waals surface area (Å²) in [6, 6.07) is 20.2.